The molecule has 2 rings (SSSR count). The van der Waals surface area contributed by atoms with Gasteiger partial charge in [0.25, 0.3) is 0 Å². The molecule has 0 spiro atoms. The molecule has 0 aromatic heterocycles. The lowest BCUT2D eigenvalue weighted by Crippen LogP contribution is -2.27. The number of hydrogen-bond acceptors (Lipinski definition) is 6. The van der Waals surface area contributed by atoms with Gasteiger partial charge >= 0.3 is 11.9 Å². The second-order valence-electron chi connectivity index (χ2n) is 5.04. The molecule has 0 unspecified atom stereocenters. The summed E-state index contributed by atoms with van der Waals surface area (Å²) in [6.45, 7) is 1.96. The first kappa shape index (κ1) is 17.3. The van der Waals surface area contributed by atoms with Crippen LogP contribution in [-0.4, -0.2) is 33.2 Å². The van der Waals surface area contributed by atoms with E-state index in [0.717, 1.165) is 16.9 Å². The summed E-state index contributed by atoms with van der Waals surface area (Å²) in [5.74, 6) is -1.24. The monoisotopic (exact) mass is 328 g/mol. The third kappa shape index (κ3) is 3.17. The van der Waals surface area contributed by atoms with Gasteiger partial charge in [-0.05, 0) is 30.7 Å². The summed E-state index contributed by atoms with van der Waals surface area (Å²) in [4.78, 5) is 26.2. The smallest absolute Gasteiger partial charge is 0.355 e. The van der Waals surface area contributed by atoms with Crippen molar-refractivity contribution in [2.75, 3.05) is 31.5 Å². The summed E-state index contributed by atoms with van der Waals surface area (Å²) in [6.07, 6.45) is 6.64. The second-order valence-corrected chi connectivity index (χ2v) is 5.04. The van der Waals surface area contributed by atoms with Gasteiger partial charge in [-0.1, -0.05) is 18.2 Å². The zero-order chi connectivity index (χ0) is 17.7. The molecule has 126 valence electrons. The van der Waals surface area contributed by atoms with E-state index in [4.69, 9.17) is 9.47 Å². The number of nitrogens with zero attached hydrogens (tertiary/aromatic N) is 1. The predicted molar refractivity (Wildman–Crippen MR) is 92.5 cm³/mol. The quantitative estimate of drug-likeness (QED) is 0.857. The number of esters is 2. The molecular formula is C18H20N2O4. The van der Waals surface area contributed by atoms with E-state index in [1.165, 1.54) is 20.3 Å². The van der Waals surface area contributed by atoms with Gasteiger partial charge < -0.3 is 19.7 Å². The van der Waals surface area contributed by atoms with Gasteiger partial charge in [-0.3, -0.25) is 0 Å². The Morgan fingerprint density at radius 2 is 1.79 bits per heavy atom. The number of ether oxygens (including phenoxy) is 2. The van der Waals surface area contributed by atoms with E-state index in [1.54, 1.807) is 30.3 Å². The standard InChI is InChI=1S/C18H20N2O4/c1-12-8-7-10-14(15(12)19-2)20-11-6-5-9-13(17(21)23-3)16(20)18(22)24-4/h5-11,19H,1-4H3. The van der Waals surface area contributed by atoms with Crippen molar-refractivity contribution < 1.29 is 19.1 Å². The molecule has 1 aliphatic heterocycles. The first-order valence-electron chi connectivity index (χ1n) is 7.37. The highest BCUT2D eigenvalue weighted by Gasteiger charge is 2.28. The number of benzene rings is 1. The molecule has 1 aromatic carbocycles. The van der Waals surface area contributed by atoms with E-state index in [2.05, 4.69) is 5.32 Å². The van der Waals surface area contributed by atoms with Gasteiger partial charge in [0, 0.05) is 13.2 Å². The topological polar surface area (TPSA) is 67.9 Å². The van der Waals surface area contributed by atoms with Crippen LogP contribution in [-0.2, 0) is 19.1 Å². The lowest BCUT2D eigenvalue weighted by atomic mass is 10.1. The zero-order valence-electron chi connectivity index (χ0n) is 14.1. The molecule has 6 nitrogen and oxygen atoms in total. The first-order valence-corrected chi connectivity index (χ1v) is 7.37. The number of allylic oxidation sites excluding steroid dienone is 2. The maximum atomic E-state index is 12.4. The van der Waals surface area contributed by atoms with Crippen LogP contribution in [0.5, 0.6) is 0 Å². The Labute approximate surface area is 141 Å². The van der Waals surface area contributed by atoms with Crippen molar-refractivity contribution in [3.63, 3.8) is 0 Å². The summed E-state index contributed by atoms with van der Waals surface area (Å²) in [5.41, 5.74) is 2.78. The second kappa shape index (κ2) is 7.50. The van der Waals surface area contributed by atoms with E-state index in [1.807, 2.05) is 25.1 Å². The van der Waals surface area contributed by atoms with E-state index < -0.39 is 11.9 Å². The third-order valence-electron chi connectivity index (χ3n) is 3.65. The van der Waals surface area contributed by atoms with Crippen LogP contribution < -0.4 is 10.2 Å². The van der Waals surface area contributed by atoms with Gasteiger partial charge in [0.1, 0.15) is 5.70 Å². The molecule has 1 N–H and O–H groups in total. The number of para-hydroxylation sites is 1. The molecule has 0 aliphatic carbocycles. The van der Waals surface area contributed by atoms with Crippen LogP contribution in [0.25, 0.3) is 0 Å². The Morgan fingerprint density at radius 3 is 2.42 bits per heavy atom. The summed E-state index contributed by atoms with van der Waals surface area (Å²) in [5, 5.41) is 3.13. The summed E-state index contributed by atoms with van der Waals surface area (Å²) >= 11 is 0. The Hall–Kier alpha value is -3.02. The molecule has 0 radical (unpaired) electrons. The molecule has 1 heterocycles. The van der Waals surface area contributed by atoms with Gasteiger partial charge in [-0.25, -0.2) is 9.59 Å². The maximum Gasteiger partial charge on any atom is 0.355 e. The molecule has 1 aliphatic rings. The van der Waals surface area contributed by atoms with Gasteiger partial charge in [-0.2, -0.15) is 0 Å². The van der Waals surface area contributed by atoms with Crippen LogP contribution in [0.15, 0.2) is 53.9 Å². The molecule has 1 aromatic rings. The van der Waals surface area contributed by atoms with E-state index in [-0.39, 0.29) is 11.3 Å². The normalized spacial score (nSPS) is 13.6. The number of methoxy groups -OCH3 is 2. The average molecular weight is 328 g/mol. The fraction of sp³-hybridized carbons (Fsp3) is 0.222. The minimum atomic E-state index is -0.629. The Bertz CT molecular complexity index is 747. The van der Waals surface area contributed by atoms with Crippen LogP contribution in [0.1, 0.15) is 5.56 Å². The highest BCUT2D eigenvalue weighted by Crippen LogP contribution is 2.34. The maximum absolute atomic E-state index is 12.4. The molecule has 0 amide bonds. The Morgan fingerprint density at radius 1 is 1.08 bits per heavy atom. The molecule has 24 heavy (non-hydrogen) atoms. The van der Waals surface area contributed by atoms with Crippen LogP contribution in [0, 0.1) is 6.92 Å². The Balaban J connectivity index is 2.73. The van der Waals surface area contributed by atoms with Gasteiger partial charge in [0.15, 0.2) is 0 Å². The highest BCUT2D eigenvalue weighted by molar-refractivity contribution is 6.06. The number of anilines is 2. The lowest BCUT2D eigenvalue weighted by Gasteiger charge is -2.26. The molecular weight excluding hydrogens is 308 g/mol. The van der Waals surface area contributed by atoms with Crippen molar-refractivity contribution >= 4 is 23.3 Å². The van der Waals surface area contributed by atoms with Crippen molar-refractivity contribution in [2.24, 2.45) is 0 Å². The van der Waals surface area contributed by atoms with Crippen molar-refractivity contribution in [3.8, 4) is 0 Å². The fourth-order valence-corrected chi connectivity index (χ4v) is 2.53. The minimum absolute atomic E-state index is 0.0939. The Kier molecular flexibility index (Phi) is 5.42. The van der Waals surface area contributed by atoms with Crippen LogP contribution >= 0.6 is 0 Å². The molecule has 0 bridgehead atoms. The number of carbonyl (C=O) groups excluding carboxylic acids is 2. The highest BCUT2D eigenvalue weighted by atomic mass is 16.5. The predicted octanol–water partition coefficient (Wildman–Crippen LogP) is 2.53. The van der Waals surface area contributed by atoms with E-state index >= 15 is 0 Å². The van der Waals surface area contributed by atoms with Gasteiger partial charge in [0.05, 0.1) is 31.2 Å². The van der Waals surface area contributed by atoms with Crippen LogP contribution in [0.3, 0.4) is 0 Å². The zero-order valence-corrected chi connectivity index (χ0v) is 14.1. The van der Waals surface area contributed by atoms with E-state index in [9.17, 15) is 9.59 Å². The summed E-state index contributed by atoms with van der Waals surface area (Å²) in [7, 11) is 4.34. The van der Waals surface area contributed by atoms with Crippen molar-refractivity contribution in [1.29, 1.82) is 0 Å². The molecule has 0 saturated carbocycles. The fourth-order valence-electron chi connectivity index (χ4n) is 2.53. The van der Waals surface area contributed by atoms with Crippen LogP contribution in [0.2, 0.25) is 0 Å². The largest absolute Gasteiger partial charge is 0.465 e. The molecule has 6 heteroatoms. The van der Waals surface area contributed by atoms with Crippen LogP contribution in [0.4, 0.5) is 11.4 Å². The number of aryl methyl sites for hydroxylation is 1. The number of hydrogen-bond donors (Lipinski definition) is 1. The molecule has 0 saturated heterocycles. The number of nitrogens with one attached hydrogen (secondary N) is 1. The molecule has 0 atom stereocenters. The van der Waals surface area contributed by atoms with Gasteiger partial charge in [-0.15, -0.1) is 0 Å². The number of carbonyl (C=O) groups is 2. The van der Waals surface area contributed by atoms with Crippen molar-refractivity contribution in [3.05, 3.63) is 59.5 Å². The minimum Gasteiger partial charge on any atom is -0.465 e. The first-order chi connectivity index (χ1) is 11.5. The average Bonchev–Trinajstić information content (AvgIpc) is 2.82. The van der Waals surface area contributed by atoms with Gasteiger partial charge in [0.2, 0.25) is 0 Å². The van der Waals surface area contributed by atoms with Crippen molar-refractivity contribution in [2.45, 2.75) is 6.92 Å². The third-order valence-corrected chi connectivity index (χ3v) is 3.65. The number of rotatable bonds is 4. The summed E-state index contributed by atoms with van der Waals surface area (Å²) < 4.78 is 9.70. The van der Waals surface area contributed by atoms with Crippen molar-refractivity contribution in [1.82, 2.24) is 0 Å². The summed E-state index contributed by atoms with van der Waals surface area (Å²) in [6, 6.07) is 5.69. The lowest BCUT2D eigenvalue weighted by molar-refractivity contribution is -0.139. The SMILES string of the molecule is CNc1c(C)cccc1N1C=CC=CC(C(=O)OC)=C1C(=O)OC. The van der Waals surface area contributed by atoms with E-state index in [0.29, 0.717) is 0 Å². The molecule has 0 fully saturated rings.